The Morgan fingerprint density at radius 3 is 2.22 bits per heavy atom. The van der Waals surface area contributed by atoms with Gasteiger partial charge in [-0.3, -0.25) is 9.59 Å². The molecule has 32 heavy (non-hydrogen) atoms. The largest absolute Gasteiger partial charge is 0.497 e. The molecule has 0 saturated carbocycles. The van der Waals surface area contributed by atoms with E-state index in [0.717, 1.165) is 16.9 Å². The fourth-order valence-corrected chi connectivity index (χ4v) is 3.54. The Morgan fingerprint density at radius 1 is 1.00 bits per heavy atom. The lowest BCUT2D eigenvalue weighted by atomic mass is 10.0. The molecule has 2 amide bonds. The lowest BCUT2D eigenvalue weighted by Gasteiger charge is -2.31. The molecule has 0 heterocycles. The maximum absolute atomic E-state index is 13.3. The Morgan fingerprint density at radius 2 is 1.66 bits per heavy atom. The molecule has 174 valence electrons. The van der Waals surface area contributed by atoms with Gasteiger partial charge in [0.2, 0.25) is 5.91 Å². The van der Waals surface area contributed by atoms with Gasteiger partial charge >= 0.3 is 0 Å². The van der Waals surface area contributed by atoms with E-state index in [1.165, 1.54) is 0 Å². The molecule has 0 aliphatic heterocycles. The van der Waals surface area contributed by atoms with Crippen LogP contribution in [0.5, 0.6) is 11.5 Å². The predicted octanol–water partition coefficient (Wildman–Crippen LogP) is 4.53. The highest BCUT2D eigenvalue weighted by molar-refractivity contribution is 5.88. The quantitative estimate of drug-likeness (QED) is 0.557. The first kappa shape index (κ1) is 25.2. The summed E-state index contributed by atoms with van der Waals surface area (Å²) in [5.74, 6) is 1.32. The Hall–Kier alpha value is -3.02. The molecular weight excluding hydrogens is 404 g/mol. The summed E-state index contributed by atoms with van der Waals surface area (Å²) in [5, 5.41) is 2.94. The van der Waals surface area contributed by atoms with Crippen LogP contribution >= 0.6 is 0 Å². The molecule has 0 aliphatic carbocycles. The van der Waals surface area contributed by atoms with Crippen LogP contribution < -0.4 is 14.8 Å². The third kappa shape index (κ3) is 7.01. The third-order valence-corrected chi connectivity index (χ3v) is 5.22. The molecule has 2 aromatic carbocycles. The summed E-state index contributed by atoms with van der Waals surface area (Å²) in [6.07, 6.45) is 0.503. The van der Waals surface area contributed by atoms with Crippen LogP contribution in [0.25, 0.3) is 0 Å². The topological polar surface area (TPSA) is 67.9 Å². The second kappa shape index (κ2) is 12.1. The summed E-state index contributed by atoms with van der Waals surface area (Å²) in [6, 6.07) is 14.6. The maximum Gasteiger partial charge on any atom is 0.261 e. The van der Waals surface area contributed by atoms with Gasteiger partial charge in [0.15, 0.2) is 6.61 Å². The summed E-state index contributed by atoms with van der Waals surface area (Å²) in [4.78, 5) is 27.8. The number of para-hydroxylation sites is 1. The van der Waals surface area contributed by atoms with E-state index < -0.39 is 6.04 Å². The van der Waals surface area contributed by atoms with E-state index in [-0.39, 0.29) is 30.4 Å². The van der Waals surface area contributed by atoms with Gasteiger partial charge in [0.1, 0.15) is 17.5 Å². The molecule has 6 nitrogen and oxygen atoms in total. The third-order valence-electron chi connectivity index (χ3n) is 5.22. The fourth-order valence-electron chi connectivity index (χ4n) is 3.54. The molecule has 0 unspecified atom stereocenters. The van der Waals surface area contributed by atoms with Crippen LogP contribution in [0.2, 0.25) is 0 Å². The number of carbonyl (C=O) groups excluding carboxylic acids is 2. The van der Waals surface area contributed by atoms with Gasteiger partial charge in [0, 0.05) is 12.6 Å². The SMILES string of the molecule is CC[C@H](C(=O)NC(C)C)N(Cc1ccc(OC)cc1)C(=O)COc1ccccc1C(C)C. The molecule has 0 bridgehead atoms. The maximum atomic E-state index is 13.3. The van der Waals surface area contributed by atoms with E-state index in [1.54, 1.807) is 12.0 Å². The van der Waals surface area contributed by atoms with Crippen molar-refractivity contribution < 1.29 is 19.1 Å². The van der Waals surface area contributed by atoms with Crippen molar-refractivity contribution >= 4 is 11.8 Å². The van der Waals surface area contributed by atoms with Crippen molar-refractivity contribution in [1.82, 2.24) is 10.2 Å². The number of methoxy groups -OCH3 is 1. The van der Waals surface area contributed by atoms with Crippen molar-refractivity contribution in [2.45, 2.75) is 65.6 Å². The first-order chi connectivity index (χ1) is 15.3. The zero-order valence-corrected chi connectivity index (χ0v) is 20.1. The number of nitrogens with one attached hydrogen (secondary N) is 1. The van der Waals surface area contributed by atoms with E-state index >= 15 is 0 Å². The van der Waals surface area contributed by atoms with E-state index in [4.69, 9.17) is 9.47 Å². The summed E-state index contributed by atoms with van der Waals surface area (Å²) in [7, 11) is 1.61. The average Bonchev–Trinajstić information content (AvgIpc) is 2.77. The molecule has 0 aliphatic rings. The van der Waals surface area contributed by atoms with Crippen molar-refractivity contribution in [3.63, 3.8) is 0 Å². The summed E-state index contributed by atoms with van der Waals surface area (Å²) in [5.41, 5.74) is 1.96. The van der Waals surface area contributed by atoms with Gasteiger partial charge in [-0.05, 0) is 55.5 Å². The lowest BCUT2D eigenvalue weighted by molar-refractivity contribution is -0.143. The van der Waals surface area contributed by atoms with E-state index in [0.29, 0.717) is 18.7 Å². The molecule has 0 fully saturated rings. The van der Waals surface area contributed by atoms with Crippen molar-refractivity contribution in [2.75, 3.05) is 13.7 Å². The smallest absolute Gasteiger partial charge is 0.261 e. The van der Waals surface area contributed by atoms with Crippen molar-refractivity contribution in [2.24, 2.45) is 0 Å². The van der Waals surface area contributed by atoms with Crippen LogP contribution in [0.3, 0.4) is 0 Å². The van der Waals surface area contributed by atoms with E-state index in [2.05, 4.69) is 19.2 Å². The summed E-state index contributed by atoms with van der Waals surface area (Å²) >= 11 is 0. The standard InChI is InChI=1S/C26H36N2O4/c1-7-23(26(30)27-19(4)5)28(16-20-12-14-21(31-6)15-13-20)25(29)17-32-24-11-9-8-10-22(24)18(2)3/h8-15,18-19,23H,7,16-17H2,1-6H3,(H,27,30)/t23-/m1/s1. The zero-order chi connectivity index (χ0) is 23.7. The van der Waals surface area contributed by atoms with E-state index in [9.17, 15) is 9.59 Å². The van der Waals surface area contributed by atoms with Crippen molar-refractivity contribution in [3.05, 3.63) is 59.7 Å². The molecule has 0 spiro atoms. The normalized spacial score (nSPS) is 11.9. The summed E-state index contributed by atoms with van der Waals surface area (Å²) < 4.78 is 11.2. The van der Waals surface area contributed by atoms with Gasteiger partial charge < -0.3 is 19.7 Å². The van der Waals surface area contributed by atoms with E-state index in [1.807, 2.05) is 69.3 Å². The number of rotatable bonds is 11. The summed E-state index contributed by atoms with van der Waals surface area (Å²) in [6.45, 7) is 10.1. The van der Waals surface area contributed by atoms with Gasteiger partial charge in [-0.2, -0.15) is 0 Å². The van der Waals surface area contributed by atoms with Crippen LogP contribution in [0.15, 0.2) is 48.5 Å². The molecule has 1 atom stereocenters. The van der Waals surface area contributed by atoms with Crippen LogP contribution in [-0.4, -0.2) is 42.5 Å². The van der Waals surface area contributed by atoms with Crippen LogP contribution in [0.1, 0.15) is 58.1 Å². The van der Waals surface area contributed by atoms with Gasteiger partial charge in [-0.1, -0.05) is 51.1 Å². The van der Waals surface area contributed by atoms with Crippen LogP contribution in [-0.2, 0) is 16.1 Å². The predicted molar refractivity (Wildman–Crippen MR) is 127 cm³/mol. The highest BCUT2D eigenvalue weighted by Crippen LogP contribution is 2.26. The van der Waals surface area contributed by atoms with Gasteiger partial charge in [0.05, 0.1) is 7.11 Å². The highest BCUT2D eigenvalue weighted by atomic mass is 16.5. The highest BCUT2D eigenvalue weighted by Gasteiger charge is 2.29. The van der Waals surface area contributed by atoms with Crippen molar-refractivity contribution in [1.29, 1.82) is 0 Å². The number of carbonyl (C=O) groups is 2. The van der Waals surface area contributed by atoms with Crippen LogP contribution in [0, 0.1) is 0 Å². The van der Waals surface area contributed by atoms with Crippen molar-refractivity contribution in [3.8, 4) is 11.5 Å². The molecule has 0 saturated heterocycles. The molecule has 1 N–H and O–H groups in total. The average molecular weight is 441 g/mol. The fraction of sp³-hybridized carbons (Fsp3) is 0.462. The Balaban J connectivity index is 2.25. The molecule has 2 rings (SSSR count). The minimum absolute atomic E-state index is 0.0105. The monoisotopic (exact) mass is 440 g/mol. The van der Waals surface area contributed by atoms with Gasteiger partial charge in [0.25, 0.3) is 5.91 Å². The molecule has 2 aromatic rings. The second-order valence-corrected chi connectivity index (χ2v) is 8.44. The number of ether oxygens (including phenoxy) is 2. The van der Waals surface area contributed by atoms with Gasteiger partial charge in [-0.15, -0.1) is 0 Å². The number of nitrogens with zero attached hydrogens (tertiary/aromatic N) is 1. The first-order valence-electron chi connectivity index (χ1n) is 11.2. The number of hydrogen-bond donors (Lipinski definition) is 1. The van der Waals surface area contributed by atoms with Gasteiger partial charge in [-0.25, -0.2) is 0 Å². The Kier molecular flexibility index (Phi) is 9.57. The number of benzene rings is 2. The Labute approximate surface area is 191 Å². The number of hydrogen-bond acceptors (Lipinski definition) is 4. The molecular formula is C26H36N2O4. The second-order valence-electron chi connectivity index (χ2n) is 8.44. The zero-order valence-electron chi connectivity index (χ0n) is 20.1. The Bertz CT molecular complexity index is 878. The minimum Gasteiger partial charge on any atom is -0.497 e. The minimum atomic E-state index is -0.587. The number of amides is 2. The lowest BCUT2D eigenvalue weighted by Crippen LogP contribution is -2.51. The first-order valence-corrected chi connectivity index (χ1v) is 11.2. The molecule has 0 aromatic heterocycles. The van der Waals surface area contributed by atoms with Crippen LogP contribution in [0.4, 0.5) is 0 Å². The molecule has 0 radical (unpaired) electrons. The molecule has 6 heteroatoms.